The standard InChI is InChI=1S/C18H34N2/c1-17(20-13-5-3-4-6-14-20)7-9-18(10-8-17)11-15-19(2)16-12-18/h3-16H2,1-2H3. The van der Waals surface area contributed by atoms with E-state index in [-0.39, 0.29) is 0 Å². The summed E-state index contributed by atoms with van der Waals surface area (Å²) in [5.74, 6) is 0. The van der Waals surface area contributed by atoms with Gasteiger partial charge in [-0.15, -0.1) is 0 Å². The van der Waals surface area contributed by atoms with Crippen LogP contribution in [0.1, 0.15) is 71.1 Å². The van der Waals surface area contributed by atoms with E-state index in [9.17, 15) is 0 Å². The summed E-state index contributed by atoms with van der Waals surface area (Å²) in [6.07, 6.45) is 14.6. The quantitative estimate of drug-likeness (QED) is 0.717. The van der Waals surface area contributed by atoms with Crippen molar-refractivity contribution >= 4 is 0 Å². The molecule has 2 heterocycles. The molecule has 0 aromatic heterocycles. The molecule has 3 aliphatic rings. The van der Waals surface area contributed by atoms with E-state index < -0.39 is 0 Å². The molecule has 2 saturated heterocycles. The highest BCUT2D eigenvalue weighted by molar-refractivity contribution is 4.98. The number of hydrogen-bond donors (Lipinski definition) is 0. The first-order valence-corrected chi connectivity index (χ1v) is 9.06. The van der Waals surface area contributed by atoms with Crippen molar-refractivity contribution in [1.82, 2.24) is 9.80 Å². The second kappa shape index (κ2) is 5.96. The monoisotopic (exact) mass is 278 g/mol. The highest BCUT2D eigenvalue weighted by Crippen LogP contribution is 2.49. The summed E-state index contributed by atoms with van der Waals surface area (Å²) in [5.41, 5.74) is 1.25. The van der Waals surface area contributed by atoms with Crippen molar-refractivity contribution in [3.05, 3.63) is 0 Å². The van der Waals surface area contributed by atoms with E-state index in [0.717, 1.165) is 5.41 Å². The van der Waals surface area contributed by atoms with Gasteiger partial charge in [0, 0.05) is 5.54 Å². The highest BCUT2D eigenvalue weighted by atomic mass is 15.2. The lowest BCUT2D eigenvalue weighted by atomic mass is 9.63. The van der Waals surface area contributed by atoms with Gasteiger partial charge in [0.1, 0.15) is 0 Å². The van der Waals surface area contributed by atoms with Crippen LogP contribution in [0.3, 0.4) is 0 Å². The van der Waals surface area contributed by atoms with Gasteiger partial charge < -0.3 is 4.90 Å². The van der Waals surface area contributed by atoms with Crippen LogP contribution in [0, 0.1) is 5.41 Å². The summed E-state index contributed by atoms with van der Waals surface area (Å²) in [6.45, 7) is 7.97. The molecule has 20 heavy (non-hydrogen) atoms. The maximum atomic E-state index is 2.86. The Kier molecular flexibility index (Phi) is 4.42. The van der Waals surface area contributed by atoms with Gasteiger partial charge in [-0.3, -0.25) is 4.90 Å². The predicted octanol–water partition coefficient (Wildman–Crippen LogP) is 3.91. The van der Waals surface area contributed by atoms with Crippen molar-refractivity contribution in [2.75, 3.05) is 33.2 Å². The maximum absolute atomic E-state index is 2.86. The first-order valence-electron chi connectivity index (χ1n) is 9.06. The molecule has 3 rings (SSSR count). The maximum Gasteiger partial charge on any atom is 0.0181 e. The molecule has 0 radical (unpaired) electrons. The van der Waals surface area contributed by atoms with Crippen molar-refractivity contribution in [3.63, 3.8) is 0 Å². The van der Waals surface area contributed by atoms with Crippen molar-refractivity contribution in [1.29, 1.82) is 0 Å². The largest absolute Gasteiger partial charge is 0.306 e. The first kappa shape index (κ1) is 14.8. The molecule has 1 spiro atoms. The summed E-state index contributed by atoms with van der Waals surface area (Å²) in [6, 6.07) is 0. The van der Waals surface area contributed by atoms with Crippen molar-refractivity contribution < 1.29 is 0 Å². The number of nitrogens with zero attached hydrogens (tertiary/aromatic N) is 2. The van der Waals surface area contributed by atoms with Crippen molar-refractivity contribution in [2.24, 2.45) is 5.41 Å². The van der Waals surface area contributed by atoms with Gasteiger partial charge in [0.25, 0.3) is 0 Å². The molecule has 3 fully saturated rings. The van der Waals surface area contributed by atoms with E-state index in [2.05, 4.69) is 23.8 Å². The van der Waals surface area contributed by atoms with Crippen LogP contribution in [0.15, 0.2) is 0 Å². The number of likely N-dealkylation sites (tertiary alicyclic amines) is 2. The summed E-state index contributed by atoms with van der Waals surface area (Å²) < 4.78 is 0. The molecule has 0 atom stereocenters. The van der Waals surface area contributed by atoms with Crippen LogP contribution in [-0.2, 0) is 0 Å². The molecular formula is C18H34N2. The Labute approximate surface area is 125 Å². The lowest BCUT2D eigenvalue weighted by molar-refractivity contribution is -0.00549. The third kappa shape index (κ3) is 3.06. The van der Waals surface area contributed by atoms with Gasteiger partial charge in [-0.25, -0.2) is 0 Å². The van der Waals surface area contributed by atoms with Gasteiger partial charge in [0.15, 0.2) is 0 Å². The van der Waals surface area contributed by atoms with Crippen LogP contribution < -0.4 is 0 Å². The van der Waals surface area contributed by atoms with E-state index in [1.807, 2.05) is 0 Å². The van der Waals surface area contributed by atoms with Crippen molar-refractivity contribution in [2.45, 2.75) is 76.7 Å². The SMILES string of the molecule is CN1CCC2(CC1)CCC(C)(N1CCCCCC1)CC2. The Bertz CT molecular complexity index is 299. The molecule has 2 aliphatic heterocycles. The summed E-state index contributed by atoms with van der Waals surface area (Å²) in [5, 5.41) is 0. The van der Waals surface area contributed by atoms with Crippen molar-refractivity contribution in [3.8, 4) is 0 Å². The van der Waals surface area contributed by atoms with Crippen LogP contribution in [0.4, 0.5) is 0 Å². The van der Waals surface area contributed by atoms with Crippen LogP contribution in [-0.4, -0.2) is 48.6 Å². The topological polar surface area (TPSA) is 6.48 Å². The van der Waals surface area contributed by atoms with E-state index in [0.29, 0.717) is 5.54 Å². The van der Waals surface area contributed by atoms with E-state index >= 15 is 0 Å². The zero-order valence-corrected chi connectivity index (χ0v) is 13.8. The molecule has 1 aliphatic carbocycles. The minimum Gasteiger partial charge on any atom is -0.306 e. The summed E-state index contributed by atoms with van der Waals surface area (Å²) in [4.78, 5) is 5.38. The highest BCUT2D eigenvalue weighted by Gasteiger charge is 2.43. The van der Waals surface area contributed by atoms with Gasteiger partial charge in [0.05, 0.1) is 0 Å². The van der Waals surface area contributed by atoms with Gasteiger partial charge >= 0.3 is 0 Å². The smallest absolute Gasteiger partial charge is 0.0181 e. The Hall–Kier alpha value is -0.0800. The minimum atomic E-state index is 0.527. The second-order valence-electron chi connectivity index (χ2n) is 8.20. The third-order valence-corrected chi connectivity index (χ3v) is 6.81. The molecule has 0 aromatic carbocycles. The lowest BCUT2D eigenvalue weighted by Crippen LogP contribution is -2.52. The summed E-state index contributed by atoms with van der Waals surface area (Å²) in [7, 11) is 2.29. The van der Waals surface area contributed by atoms with E-state index in [4.69, 9.17) is 0 Å². The van der Waals surface area contributed by atoms with Crippen LogP contribution in [0.25, 0.3) is 0 Å². The summed E-state index contributed by atoms with van der Waals surface area (Å²) >= 11 is 0. The lowest BCUT2D eigenvalue weighted by Gasteiger charge is -2.52. The number of piperidine rings is 1. The Balaban J connectivity index is 1.59. The Morgan fingerprint density at radius 1 is 0.650 bits per heavy atom. The fraction of sp³-hybridized carbons (Fsp3) is 1.00. The van der Waals surface area contributed by atoms with Crippen LogP contribution >= 0.6 is 0 Å². The second-order valence-corrected chi connectivity index (χ2v) is 8.20. The molecular weight excluding hydrogens is 244 g/mol. The zero-order valence-electron chi connectivity index (χ0n) is 13.8. The molecule has 0 aromatic rings. The van der Waals surface area contributed by atoms with Gasteiger partial charge in [0.2, 0.25) is 0 Å². The Morgan fingerprint density at radius 3 is 1.75 bits per heavy atom. The fourth-order valence-electron chi connectivity index (χ4n) is 4.84. The first-order chi connectivity index (χ1) is 9.62. The van der Waals surface area contributed by atoms with E-state index in [1.165, 1.54) is 90.4 Å². The van der Waals surface area contributed by atoms with Gasteiger partial charge in [-0.1, -0.05) is 12.8 Å². The molecule has 2 nitrogen and oxygen atoms in total. The van der Waals surface area contributed by atoms with Crippen LogP contribution in [0.5, 0.6) is 0 Å². The average molecular weight is 278 g/mol. The molecule has 0 bridgehead atoms. The van der Waals surface area contributed by atoms with E-state index in [1.54, 1.807) is 0 Å². The normalized spacial score (nSPS) is 32.1. The average Bonchev–Trinajstić information content (AvgIpc) is 2.75. The van der Waals surface area contributed by atoms with Gasteiger partial charge in [-0.05, 0) is 96.9 Å². The number of rotatable bonds is 1. The molecule has 0 unspecified atom stereocenters. The zero-order chi connectivity index (χ0) is 14.1. The minimum absolute atomic E-state index is 0.527. The molecule has 1 saturated carbocycles. The molecule has 2 heteroatoms. The Morgan fingerprint density at radius 2 is 1.20 bits per heavy atom. The third-order valence-electron chi connectivity index (χ3n) is 6.81. The molecule has 0 amide bonds. The molecule has 116 valence electrons. The fourth-order valence-corrected chi connectivity index (χ4v) is 4.84. The predicted molar refractivity (Wildman–Crippen MR) is 86.1 cm³/mol. The number of hydrogen-bond acceptors (Lipinski definition) is 2. The van der Waals surface area contributed by atoms with Crippen LogP contribution in [0.2, 0.25) is 0 Å². The molecule has 0 N–H and O–H groups in total. The van der Waals surface area contributed by atoms with Gasteiger partial charge in [-0.2, -0.15) is 0 Å².